The van der Waals surface area contributed by atoms with E-state index >= 15 is 0 Å². The molecule has 18 heavy (non-hydrogen) atoms. The quantitative estimate of drug-likeness (QED) is 0.802. The van der Waals surface area contributed by atoms with E-state index in [1.807, 2.05) is 4.90 Å². The molecule has 1 saturated heterocycles. The highest BCUT2D eigenvalue weighted by Crippen LogP contribution is 2.14. The maximum atomic E-state index is 11.8. The number of aromatic nitrogens is 1. The van der Waals surface area contributed by atoms with Crippen molar-refractivity contribution in [3.05, 3.63) is 11.8 Å². The molecule has 0 spiro atoms. The number of aldehydes is 1. The van der Waals surface area contributed by atoms with Gasteiger partial charge < -0.3 is 14.6 Å². The first-order valence-corrected chi connectivity index (χ1v) is 6.08. The van der Waals surface area contributed by atoms with Crippen LogP contribution in [0, 0.1) is 12.8 Å². The molecule has 0 aliphatic carbocycles. The summed E-state index contributed by atoms with van der Waals surface area (Å²) in [6, 6.07) is 1.67. The van der Waals surface area contributed by atoms with Gasteiger partial charge in [-0.3, -0.25) is 9.69 Å². The van der Waals surface area contributed by atoms with E-state index in [4.69, 9.17) is 4.52 Å². The SMILES string of the molecule is Cc1cc(NC(=O)CN2CCCC(C=O)C2)no1. The summed E-state index contributed by atoms with van der Waals surface area (Å²) in [5.41, 5.74) is 0. The van der Waals surface area contributed by atoms with Crippen molar-refractivity contribution in [3.63, 3.8) is 0 Å². The minimum atomic E-state index is -0.130. The van der Waals surface area contributed by atoms with E-state index in [-0.39, 0.29) is 18.4 Å². The average Bonchev–Trinajstić information content (AvgIpc) is 2.74. The molecule has 0 aromatic carbocycles. The standard InChI is InChI=1S/C12H17N3O3/c1-9-5-11(14-18-9)13-12(17)7-15-4-2-3-10(6-15)8-16/h5,8,10H,2-4,6-7H2,1H3,(H,13,14,17). The molecule has 1 atom stereocenters. The third-order valence-electron chi connectivity index (χ3n) is 3.00. The molecule has 1 aromatic rings. The predicted molar refractivity (Wildman–Crippen MR) is 65.1 cm³/mol. The van der Waals surface area contributed by atoms with Crippen LogP contribution in [0.15, 0.2) is 10.6 Å². The summed E-state index contributed by atoms with van der Waals surface area (Å²) in [4.78, 5) is 24.5. The highest BCUT2D eigenvalue weighted by Gasteiger charge is 2.21. The highest BCUT2D eigenvalue weighted by atomic mass is 16.5. The number of carbonyl (C=O) groups is 2. The summed E-state index contributed by atoms with van der Waals surface area (Å²) in [5.74, 6) is 1.02. The zero-order chi connectivity index (χ0) is 13.0. The Morgan fingerprint density at radius 3 is 3.22 bits per heavy atom. The Balaban J connectivity index is 1.82. The fourth-order valence-corrected chi connectivity index (χ4v) is 2.16. The summed E-state index contributed by atoms with van der Waals surface area (Å²) in [6.07, 6.45) is 2.86. The molecule has 0 radical (unpaired) electrons. The highest BCUT2D eigenvalue weighted by molar-refractivity contribution is 5.91. The first kappa shape index (κ1) is 12.8. The summed E-state index contributed by atoms with van der Waals surface area (Å²) in [7, 11) is 0. The number of carbonyl (C=O) groups excluding carboxylic acids is 2. The van der Waals surface area contributed by atoms with Gasteiger partial charge in [0.15, 0.2) is 5.82 Å². The van der Waals surface area contributed by atoms with Gasteiger partial charge in [0.05, 0.1) is 6.54 Å². The maximum absolute atomic E-state index is 11.8. The van der Waals surface area contributed by atoms with Crippen LogP contribution in [0.1, 0.15) is 18.6 Å². The molecule has 2 heterocycles. The molecule has 0 saturated carbocycles. The molecule has 1 aromatic heterocycles. The number of hydrogen-bond acceptors (Lipinski definition) is 5. The monoisotopic (exact) mass is 251 g/mol. The van der Waals surface area contributed by atoms with Crippen molar-refractivity contribution < 1.29 is 14.1 Å². The number of hydrogen-bond donors (Lipinski definition) is 1. The molecule has 0 bridgehead atoms. The van der Waals surface area contributed by atoms with Gasteiger partial charge in [-0.05, 0) is 26.3 Å². The molecular formula is C12H17N3O3. The van der Waals surface area contributed by atoms with Crippen LogP contribution < -0.4 is 5.32 Å². The number of aryl methyl sites for hydroxylation is 1. The first-order chi connectivity index (χ1) is 8.67. The van der Waals surface area contributed by atoms with Crippen LogP contribution in [0.4, 0.5) is 5.82 Å². The number of piperidine rings is 1. The number of likely N-dealkylation sites (tertiary alicyclic amines) is 1. The fourth-order valence-electron chi connectivity index (χ4n) is 2.16. The van der Waals surface area contributed by atoms with Crippen LogP contribution >= 0.6 is 0 Å². The van der Waals surface area contributed by atoms with E-state index in [0.717, 1.165) is 25.7 Å². The molecule has 1 aliphatic rings. The van der Waals surface area contributed by atoms with Crippen molar-refractivity contribution in [1.29, 1.82) is 0 Å². The molecule has 6 nitrogen and oxygen atoms in total. The smallest absolute Gasteiger partial charge is 0.239 e. The number of amides is 1. The lowest BCUT2D eigenvalue weighted by Gasteiger charge is -2.29. The van der Waals surface area contributed by atoms with Crippen molar-refractivity contribution in [3.8, 4) is 0 Å². The van der Waals surface area contributed by atoms with Gasteiger partial charge in [-0.25, -0.2) is 0 Å². The van der Waals surface area contributed by atoms with Gasteiger partial charge in [-0.15, -0.1) is 0 Å². The van der Waals surface area contributed by atoms with E-state index in [0.29, 0.717) is 18.1 Å². The van der Waals surface area contributed by atoms with Gasteiger partial charge in [0, 0.05) is 18.5 Å². The van der Waals surface area contributed by atoms with Crippen LogP contribution in [0.25, 0.3) is 0 Å². The van der Waals surface area contributed by atoms with Crippen molar-refractivity contribution >= 4 is 18.0 Å². The van der Waals surface area contributed by atoms with Crippen LogP contribution in [-0.2, 0) is 9.59 Å². The third-order valence-corrected chi connectivity index (χ3v) is 3.00. The van der Waals surface area contributed by atoms with E-state index < -0.39 is 0 Å². The molecule has 2 rings (SSSR count). The zero-order valence-corrected chi connectivity index (χ0v) is 10.4. The summed E-state index contributed by atoms with van der Waals surface area (Å²) in [5, 5.41) is 6.37. The Kier molecular flexibility index (Phi) is 4.09. The van der Waals surface area contributed by atoms with Crippen LogP contribution in [-0.4, -0.2) is 41.9 Å². The largest absolute Gasteiger partial charge is 0.360 e. The van der Waals surface area contributed by atoms with Gasteiger partial charge in [-0.1, -0.05) is 5.16 Å². The van der Waals surface area contributed by atoms with Crippen LogP contribution in [0.3, 0.4) is 0 Å². The molecule has 1 N–H and O–H groups in total. The van der Waals surface area contributed by atoms with Gasteiger partial charge in [0.2, 0.25) is 5.91 Å². The Morgan fingerprint density at radius 1 is 1.72 bits per heavy atom. The van der Waals surface area contributed by atoms with E-state index in [2.05, 4.69) is 10.5 Å². The van der Waals surface area contributed by atoms with Crippen molar-refractivity contribution in [2.45, 2.75) is 19.8 Å². The van der Waals surface area contributed by atoms with Crippen molar-refractivity contribution in [2.75, 3.05) is 25.0 Å². The van der Waals surface area contributed by atoms with Crippen molar-refractivity contribution in [2.24, 2.45) is 5.92 Å². The molecule has 1 amide bonds. The number of nitrogens with zero attached hydrogens (tertiary/aromatic N) is 2. The molecule has 1 fully saturated rings. The summed E-state index contributed by atoms with van der Waals surface area (Å²) >= 11 is 0. The number of anilines is 1. The van der Waals surface area contributed by atoms with Gasteiger partial charge >= 0.3 is 0 Å². The second-order valence-electron chi connectivity index (χ2n) is 4.64. The lowest BCUT2D eigenvalue weighted by molar-refractivity contribution is -0.119. The van der Waals surface area contributed by atoms with Gasteiger partial charge in [-0.2, -0.15) is 0 Å². The molecule has 98 valence electrons. The summed E-state index contributed by atoms with van der Waals surface area (Å²) in [6.45, 7) is 3.57. The number of rotatable bonds is 4. The lowest BCUT2D eigenvalue weighted by atomic mass is 10.00. The second-order valence-corrected chi connectivity index (χ2v) is 4.64. The van der Waals surface area contributed by atoms with E-state index in [1.165, 1.54) is 0 Å². The zero-order valence-electron chi connectivity index (χ0n) is 10.4. The molecule has 6 heteroatoms. The topological polar surface area (TPSA) is 75.4 Å². The molecule has 1 aliphatic heterocycles. The average molecular weight is 251 g/mol. The lowest BCUT2D eigenvalue weighted by Crippen LogP contribution is -2.40. The minimum Gasteiger partial charge on any atom is -0.360 e. The third kappa shape index (κ3) is 3.40. The number of nitrogens with one attached hydrogen (secondary N) is 1. The van der Waals surface area contributed by atoms with Crippen molar-refractivity contribution in [1.82, 2.24) is 10.1 Å². The van der Waals surface area contributed by atoms with Crippen LogP contribution in [0.2, 0.25) is 0 Å². The summed E-state index contributed by atoms with van der Waals surface area (Å²) < 4.78 is 4.87. The van der Waals surface area contributed by atoms with Gasteiger partial charge in [0.25, 0.3) is 0 Å². The molecular weight excluding hydrogens is 234 g/mol. The normalized spacial score (nSPS) is 20.6. The predicted octanol–water partition coefficient (Wildman–Crippen LogP) is 0.832. The Labute approximate surface area is 105 Å². The second kappa shape index (κ2) is 5.77. The Bertz CT molecular complexity index is 430. The fraction of sp³-hybridized carbons (Fsp3) is 0.583. The molecule has 1 unspecified atom stereocenters. The van der Waals surface area contributed by atoms with E-state index in [1.54, 1.807) is 13.0 Å². The van der Waals surface area contributed by atoms with Crippen LogP contribution in [0.5, 0.6) is 0 Å². The maximum Gasteiger partial charge on any atom is 0.239 e. The Hall–Kier alpha value is -1.69. The Morgan fingerprint density at radius 2 is 2.56 bits per heavy atom. The minimum absolute atomic E-state index is 0.0563. The van der Waals surface area contributed by atoms with Gasteiger partial charge in [0.1, 0.15) is 12.0 Å². The van der Waals surface area contributed by atoms with E-state index in [9.17, 15) is 9.59 Å². The first-order valence-electron chi connectivity index (χ1n) is 6.08.